The molecule has 0 amide bonds. The summed E-state index contributed by atoms with van der Waals surface area (Å²) in [6.07, 6.45) is 1.17. The average Bonchev–Trinajstić information content (AvgIpc) is 2.70. The Hall–Kier alpha value is 0.121. The molecular formula is C32H75O2Si3+. The second kappa shape index (κ2) is 16.4. The molecule has 1 atom stereocenters. The van der Waals surface area contributed by atoms with E-state index in [4.69, 9.17) is 8.54 Å². The molecule has 37 heavy (non-hydrogen) atoms. The van der Waals surface area contributed by atoms with Crippen molar-refractivity contribution in [2.24, 2.45) is 0 Å². The zero-order valence-electron chi connectivity index (χ0n) is 28.7. The molecule has 0 saturated carbocycles. The van der Waals surface area contributed by atoms with Gasteiger partial charge >= 0.3 is 23.1 Å². The maximum atomic E-state index is 6.69. The third-order valence-corrected chi connectivity index (χ3v) is 30.1. The van der Waals surface area contributed by atoms with Gasteiger partial charge in [0.1, 0.15) is 0 Å². The molecular weight excluding hydrogens is 501 g/mol. The maximum Gasteiger partial charge on any atom is 0.428 e. The Bertz CT molecular complexity index is 591. The lowest BCUT2D eigenvalue weighted by Crippen LogP contribution is -2.52. The highest BCUT2D eigenvalue weighted by Gasteiger charge is 2.60. The first-order chi connectivity index (χ1) is 16.0. The topological polar surface area (TPSA) is 20.5 Å². The highest BCUT2D eigenvalue weighted by atomic mass is 28.4. The van der Waals surface area contributed by atoms with E-state index in [1.165, 1.54) is 6.42 Å². The first-order valence-electron chi connectivity index (χ1n) is 15.2. The lowest BCUT2D eigenvalue weighted by Gasteiger charge is -2.39. The summed E-state index contributed by atoms with van der Waals surface area (Å²) in [4.78, 5) is 0. The van der Waals surface area contributed by atoms with Crippen molar-refractivity contribution in [1.29, 1.82) is 0 Å². The molecule has 0 aromatic carbocycles. The van der Waals surface area contributed by atoms with E-state index in [-0.39, 0.29) is 12.5 Å². The SMILES string of the molecule is C.CC(C)[Si](C)(C(C)C)C(C)C.CCC(C)[Si](OC=[O+][Si](C(C)C)(C(C)C)C(C)(C)C)(C(C)C)C(C)C. The Morgan fingerprint density at radius 3 is 1.11 bits per heavy atom. The molecule has 0 spiro atoms. The van der Waals surface area contributed by atoms with E-state index in [9.17, 15) is 0 Å². The smallest absolute Gasteiger partial charge is 0.413 e. The Morgan fingerprint density at radius 1 is 0.622 bits per heavy atom. The zero-order valence-corrected chi connectivity index (χ0v) is 31.7. The molecule has 0 aromatic rings. The van der Waals surface area contributed by atoms with Crippen LogP contribution in [-0.2, 0) is 8.54 Å². The van der Waals surface area contributed by atoms with Crippen LogP contribution in [0.15, 0.2) is 0 Å². The van der Waals surface area contributed by atoms with Crippen molar-refractivity contribution in [2.45, 2.75) is 201 Å². The summed E-state index contributed by atoms with van der Waals surface area (Å²) < 4.78 is 13.4. The third kappa shape index (κ3) is 9.33. The first-order valence-corrected chi connectivity index (χ1v) is 22.1. The monoisotopic (exact) mass is 576 g/mol. The fourth-order valence-corrected chi connectivity index (χ4v) is 22.8. The molecule has 1 unspecified atom stereocenters. The molecule has 0 aromatic heterocycles. The highest BCUT2D eigenvalue weighted by molar-refractivity contribution is 6.82. The predicted molar refractivity (Wildman–Crippen MR) is 182 cm³/mol. The van der Waals surface area contributed by atoms with Crippen LogP contribution >= 0.6 is 0 Å². The molecule has 0 saturated heterocycles. The van der Waals surface area contributed by atoms with Crippen LogP contribution in [0.5, 0.6) is 0 Å². The van der Waals surface area contributed by atoms with Crippen molar-refractivity contribution in [3.63, 3.8) is 0 Å². The number of rotatable bonds is 12. The van der Waals surface area contributed by atoms with E-state index in [2.05, 4.69) is 138 Å². The normalized spacial score (nSPS) is 14.8. The summed E-state index contributed by atoms with van der Waals surface area (Å²) in [5.74, 6) is 0. The molecule has 0 N–H and O–H groups in total. The highest BCUT2D eigenvalue weighted by Crippen LogP contribution is 2.49. The fourth-order valence-electron chi connectivity index (χ4n) is 7.55. The number of hydrogen-bond donors (Lipinski definition) is 0. The van der Waals surface area contributed by atoms with Gasteiger partial charge in [-0.2, -0.15) is 0 Å². The summed E-state index contributed by atoms with van der Waals surface area (Å²) in [5, 5.41) is 0.172. The first kappa shape index (κ1) is 41.6. The lowest BCUT2D eigenvalue weighted by atomic mass is 10.2. The van der Waals surface area contributed by atoms with Crippen molar-refractivity contribution in [2.75, 3.05) is 0 Å². The van der Waals surface area contributed by atoms with Crippen LogP contribution in [0.4, 0.5) is 0 Å². The van der Waals surface area contributed by atoms with Crippen molar-refractivity contribution < 1.29 is 8.54 Å². The van der Waals surface area contributed by atoms with Gasteiger partial charge in [0.25, 0.3) is 0 Å². The van der Waals surface area contributed by atoms with E-state index in [0.29, 0.717) is 27.7 Å². The van der Waals surface area contributed by atoms with Gasteiger partial charge in [0.05, 0.1) is 8.07 Å². The van der Waals surface area contributed by atoms with Gasteiger partial charge in [0.2, 0.25) is 0 Å². The summed E-state index contributed by atoms with van der Waals surface area (Å²) in [6, 6.07) is 0. The molecule has 0 aliphatic heterocycles. The molecule has 0 rings (SSSR count). The van der Waals surface area contributed by atoms with Crippen LogP contribution in [-0.4, -0.2) is 31.2 Å². The van der Waals surface area contributed by atoms with Crippen LogP contribution in [0.2, 0.25) is 55.9 Å². The maximum absolute atomic E-state index is 6.69. The largest absolute Gasteiger partial charge is 0.428 e. The minimum Gasteiger partial charge on any atom is -0.413 e. The quantitative estimate of drug-likeness (QED) is 0.129. The van der Waals surface area contributed by atoms with Crippen LogP contribution in [0.25, 0.3) is 0 Å². The zero-order chi connectivity index (χ0) is 29.4. The average molecular weight is 576 g/mol. The second-order valence-electron chi connectivity index (χ2n) is 15.0. The summed E-state index contributed by atoms with van der Waals surface area (Å²) in [7, 11) is -4.95. The van der Waals surface area contributed by atoms with E-state index < -0.39 is 24.7 Å². The van der Waals surface area contributed by atoms with Crippen LogP contribution in [0, 0.1) is 0 Å². The summed E-state index contributed by atoms with van der Waals surface area (Å²) in [6.45, 7) is 49.1. The van der Waals surface area contributed by atoms with Crippen LogP contribution in [0.1, 0.15) is 145 Å². The van der Waals surface area contributed by atoms with Crippen molar-refractivity contribution >= 4 is 31.2 Å². The van der Waals surface area contributed by atoms with Crippen molar-refractivity contribution in [1.82, 2.24) is 0 Å². The number of hydrogen-bond acceptors (Lipinski definition) is 1. The molecule has 0 fully saturated rings. The molecule has 0 heterocycles. The van der Waals surface area contributed by atoms with Gasteiger partial charge in [-0.05, 0) is 0 Å². The van der Waals surface area contributed by atoms with Gasteiger partial charge in [-0.15, -0.1) is 0 Å². The Morgan fingerprint density at radius 2 is 0.946 bits per heavy atom. The minimum atomic E-state index is -2.02. The van der Waals surface area contributed by atoms with E-state index in [0.717, 1.165) is 16.6 Å². The van der Waals surface area contributed by atoms with E-state index in [1.54, 1.807) is 0 Å². The Labute approximate surface area is 240 Å². The fraction of sp³-hybridized carbons (Fsp3) is 0.969. The molecule has 0 bridgehead atoms. The van der Waals surface area contributed by atoms with Gasteiger partial charge in [0.15, 0.2) is 0 Å². The predicted octanol–water partition coefficient (Wildman–Crippen LogP) is 12.8. The second-order valence-corrected chi connectivity index (χ2v) is 32.1. The third-order valence-electron chi connectivity index (χ3n) is 10.3. The molecule has 226 valence electrons. The van der Waals surface area contributed by atoms with Gasteiger partial charge in [0, 0.05) is 32.7 Å². The van der Waals surface area contributed by atoms with Crippen LogP contribution < -0.4 is 0 Å². The molecule has 5 heteroatoms. The Balaban J connectivity index is -0.000000811. The van der Waals surface area contributed by atoms with Gasteiger partial charge in [-0.25, -0.2) is 0 Å². The van der Waals surface area contributed by atoms with Crippen molar-refractivity contribution in [3.05, 3.63) is 0 Å². The summed E-state index contributed by atoms with van der Waals surface area (Å²) in [5.41, 5.74) is 5.62. The molecule has 0 radical (unpaired) electrons. The Kier molecular flexibility index (Phi) is 18.4. The van der Waals surface area contributed by atoms with Gasteiger partial charge < -0.3 is 8.54 Å². The van der Waals surface area contributed by atoms with Crippen LogP contribution in [0.3, 0.4) is 0 Å². The van der Waals surface area contributed by atoms with Gasteiger partial charge in [-0.1, -0.05) is 169 Å². The standard InChI is InChI=1S/C21H47O2Si2.C10H24Si.CH4/c1-14-20(10)24(16(2)3,17(4)5)22-15-23-25(18(6)7,19(8)9)21(11,12)13;1-8(2)11(7,9(3)4)10(5)6;/h15-20H,14H2,1-13H3;8-10H,1-7H3;1H4/q+1;;. The minimum absolute atomic E-state index is 0. The van der Waals surface area contributed by atoms with Crippen molar-refractivity contribution in [3.8, 4) is 0 Å². The van der Waals surface area contributed by atoms with E-state index in [1.807, 2.05) is 6.47 Å². The molecule has 0 aliphatic carbocycles. The molecule has 2 nitrogen and oxygen atoms in total. The van der Waals surface area contributed by atoms with Gasteiger partial charge in [-0.3, -0.25) is 0 Å². The number of carbonyl (C=O) groups excluding carboxylic acids is 1. The lowest BCUT2D eigenvalue weighted by molar-refractivity contribution is -0.324. The summed E-state index contributed by atoms with van der Waals surface area (Å²) >= 11 is 0. The molecule has 0 aliphatic rings. The van der Waals surface area contributed by atoms with E-state index >= 15 is 0 Å².